The summed E-state index contributed by atoms with van der Waals surface area (Å²) in [6.07, 6.45) is 3.28. The van der Waals surface area contributed by atoms with Gasteiger partial charge in [-0.15, -0.1) is 11.3 Å². The van der Waals surface area contributed by atoms with E-state index in [-0.39, 0.29) is 11.6 Å². The average molecular weight is 474 g/mol. The molecule has 0 radical (unpaired) electrons. The van der Waals surface area contributed by atoms with Gasteiger partial charge in [0.15, 0.2) is 5.43 Å². The van der Waals surface area contributed by atoms with Gasteiger partial charge in [0, 0.05) is 30.1 Å². The molecule has 0 atom stereocenters. The van der Waals surface area contributed by atoms with Gasteiger partial charge in [-0.05, 0) is 37.1 Å². The standard InChI is InChI=1S/C26H23N3O4S/c1-15(2)28-13-17-9-19(25-27-12-24(34-25)16-7-5-4-6-8-16)23(33-3)10-18(17)21-11-22(30)20(26(31)32)14-29(21)28/h4-12,14-15H,13H2,1-3H3,(H,31,32). The van der Waals surface area contributed by atoms with Crippen molar-refractivity contribution in [2.75, 3.05) is 12.1 Å². The van der Waals surface area contributed by atoms with Gasteiger partial charge in [-0.25, -0.2) is 9.78 Å². The fourth-order valence-electron chi connectivity index (χ4n) is 4.24. The topological polar surface area (TPSA) is 84.7 Å². The molecule has 2 aromatic heterocycles. The maximum Gasteiger partial charge on any atom is 0.341 e. The van der Waals surface area contributed by atoms with Gasteiger partial charge in [0.05, 0.1) is 29.8 Å². The van der Waals surface area contributed by atoms with Gasteiger partial charge in [0.25, 0.3) is 0 Å². The van der Waals surface area contributed by atoms with Crippen LogP contribution in [0.5, 0.6) is 5.75 Å². The SMILES string of the molecule is COc1cc2c(cc1-c1ncc(-c3ccccc3)s1)CN(C(C)C)n1cc(C(=O)O)c(=O)cc1-2. The Morgan fingerprint density at radius 3 is 2.59 bits per heavy atom. The smallest absolute Gasteiger partial charge is 0.341 e. The average Bonchev–Trinajstić information content (AvgIpc) is 3.33. The van der Waals surface area contributed by atoms with Gasteiger partial charge in [-0.3, -0.25) is 9.47 Å². The second-order valence-electron chi connectivity index (χ2n) is 8.38. The van der Waals surface area contributed by atoms with Crippen molar-refractivity contribution < 1.29 is 14.6 Å². The fourth-order valence-corrected chi connectivity index (χ4v) is 5.19. The van der Waals surface area contributed by atoms with Crippen molar-refractivity contribution in [1.29, 1.82) is 0 Å². The van der Waals surface area contributed by atoms with Gasteiger partial charge in [0.1, 0.15) is 16.3 Å². The first-order chi connectivity index (χ1) is 16.4. The molecule has 0 amide bonds. The van der Waals surface area contributed by atoms with Gasteiger partial charge in [0.2, 0.25) is 0 Å². The zero-order valence-corrected chi connectivity index (χ0v) is 19.8. The van der Waals surface area contributed by atoms with Crippen LogP contribution in [0.15, 0.2) is 65.7 Å². The summed E-state index contributed by atoms with van der Waals surface area (Å²) >= 11 is 1.59. The van der Waals surface area contributed by atoms with Crippen LogP contribution in [0.1, 0.15) is 29.8 Å². The number of carboxylic acids is 1. The van der Waals surface area contributed by atoms with Crippen LogP contribution in [0.2, 0.25) is 0 Å². The normalized spacial score (nSPS) is 12.4. The lowest BCUT2D eigenvalue weighted by atomic mass is 9.97. The molecule has 1 aliphatic heterocycles. The minimum absolute atomic E-state index is 0.0751. The van der Waals surface area contributed by atoms with E-state index in [2.05, 4.69) is 23.2 Å². The second kappa shape index (κ2) is 8.46. The molecule has 0 saturated carbocycles. The van der Waals surface area contributed by atoms with Gasteiger partial charge in [-0.2, -0.15) is 0 Å². The number of aromatic nitrogens is 2. The molecule has 34 heavy (non-hydrogen) atoms. The lowest BCUT2D eigenvalue weighted by molar-refractivity contribution is 0.0694. The number of rotatable bonds is 5. The van der Waals surface area contributed by atoms with E-state index in [4.69, 9.17) is 4.74 Å². The van der Waals surface area contributed by atoms with Crippen LogP contribution in [-0.2, 0) is 6.54 Å². The molecule has 1 aliphatic rings. The summed E-state index contributed by atoms with van der Waals surface area (Å²) in [5.74, 6) is -0.590. The first-order valence-electron chi connectivity index (χ1n) is 10.9. The maximum absolute atomic E-state index is 12.5. The predicted octanol–water partition coefficient (Wildman–Crippen LogP) is 4.87. The number of pyridine rings is 1. The quantitative estimate of drug-likeness (QED) is 0.445. The van der Waals surface area contributed by atoms with E-state index in [9.17, 15) is 14.7 Å². The van der Waals surface area contributed by atoms with Crippen LogP contribution >= 0.6 is 11.3 Å². The number of fused-ring (bicyclic) bond motifs is 3. The summed E-state index contributed by atoms with van der Waals surface area (Å²) < 4.78 is 7.51. The first kappa shape index (κ1) is 21.9. The molecule has 0 unspecified atom stereocenters. The number of hydrogen-bond acceptors (Lipinski definition) is 6. The Morgan fingerprint density at radius 2 is 1.91 bits per heavy atom. The van der Waals surface area contributed by atoms with E-state index in [1.165, 1.54) is 12.3 Å². The fraction of sp³-hybridized carbons (Fsp3) is 0.192. The number of aromatic carboxylic acids is 1. The number of thiazole rings is 1. The van der Waals surface area contributed by atoms with E-state index >= 15 is 0 Å². The van der Waals surface area contributed by atoms with Crippen molar-refractivity contribution in [1.82, 2.24) is 9.66 Å². The highest BCUT2D eigenvalue weighted by molar-refractivity contribution is 7.18. The zero-order valence-electron chi connectivity index (χ0n) is 19.0. The van der Waals surface area contributed by atoms with E-state index in [0.717, 1.165) is 32.1 Å². The third kappa shape index (κ3) is 3.66. The molecule has 0 spiro atoms. The molecule has 172 valence electrons. The molecule has 0 aliphatic carbocycles. The number of ether oxygens (including phenoxy) is 1. The highest BCUT2D eigenvalue weighted by atomic mass is 32.1. The minimum Gasteiger partial charge on any atom is -0.496 e. The van der Waals surface area contributed by atoms with Gasteiger partial charge in [-0.1, -0.05) is 30.3 Å². The molecular weight excluding hydrogens is 450 g/mol. The van der Waals surface area contributed by atoms with Crippen LogP contribution < -0.4 is 15.2 Å². The molecule has 0 fully saturated rings. The van der Waals surface area contributed by atoms with Gasteiger partial charge < -0.3 is 14.9 Å². The van der Waals surface area contributed by atoms with Crippen molar-refractivity contribution >= 4 is 17.3 Å². The Bertz CT molecular complexity index is 1460. The molecule has 2 aromatic carbocycles. The molecule has 8 heteroatoms. The third-order valence-corrected chi connectivity index (χ3v) is 7.04. The molecular formula is C26H23N3O4S. The number of carbonyl (C=O) groups is 1. The van der Waals surface area contributed by atoms with Crippen molar-refractivity contribution in [3.63, 3.8) is 0 Å². The van der Waals surface area contributed by atoms with Crippen molar-refractivity contribution in [3.8, 4) is 38.0 Å². The molecule has 5 rings (SSSR count). The summed E-state index contributed by atoms with van der Waals surface area (Å²) in [4.78, 5) is 29.9. The summed E-state index contributed by atoms with van der Waals surface area (Å²) in [7, 11) is 1.61. The zero-order chi connectivity index (χ0) is 24.0. The van der Waals surface area contributed by atoms with E-state index in [0.29, 0.717) is 18.0 Å². The number of nitrogens with zero attached hydrogens (tertiary/aromatic N) is 3. The van der Waals surface area contributed by atoms with E-state index < -0.39 is 11.4 Å². The Balaban J connectivity index is 1.67. The molecule has 1 N–H and O–H groups in total. The molecule has 4 aromatic rings. The summed E-state index contributed by atoms with van der Waals surface area (Å²) in [5.41, 5.74) is 3.71. The Labute approximate surface area is 200 Å². The molecule has 0 bridgehead atoms. The number of carboxylic acid groups (broad SMARTS) is 1. The molecule has 0 saturated heterocycles. The van der Waals surface area contributed by atoms with Crippen molar-refractivity contribution in [2.45, 2.75) is 26.4 Å². The highest BCUT2D eigenvalue weighted by Crippen LogP contribution is 2.42. The van der Waals surface area contributed by atoms with Crippen molar-refractivity contribution in [3.05, 3.63) is 82.3 Å². The van der Waals surface area contributed by atoms with Crippen LogP contribution in [0.3, 0.4) is 0 Å². The van der Waals surface area contributed by atoms with Crippen LogP contribution in [0, 0.1) is 0 Å². The highest BCUT2D eigenvalue weighted by Gasteiger charge is 2.27. The number of hydrogen-bond donors (Lipinski definition) is 1. The predicted molar refractivity (Wildman–Crippen MR) is 133 cm³/mol. The van der Waals surface area contributed by atoms with Crippen LogP contribution in [-0.4, -0.2) is 33.9 Å². The molecule has 3 heterocycles. The van der Waals surface area contributed by atoms with E-state index in [1.54, 1.807) is 23.1 Å². The Kier molecular flexibility index (Phi) is 5.45. The number of benzene rings is 2. The monoisotopic (exact) mass is 473 g/mol. The Morgan fingerprint density at radius 1 is 1.15 bits per heavy atom. The minimum atomic E-state index is -1.24. The summed E-state index contributed by atoms with van der Waals surface area (Å²) in [6, 6.07) is 15.6. The van der Waals surface area contributed by atoms with Crippen molar-refractivity contribution in [2.24, 2.45) is 0 Å². The third-order valence-electron chi connectivity index (χ3n) is 5.96. The summed E-state index contributed by atoms with van der Waals surface area (Å²) in [5, 5.41) is 12.3. The summed E-state index contributed by atoms with van der Waals surface area (Å²) in [6.45, 7) is 4.62. The lowest BCUT2D eigenvalue weighted by Crippen LogP contribution is -2.44. The Hall–Kier alpha value is -3.91. The van der Waals surface area contributed by atoms with Crippen LogP contribution in [0.25, 0.3) is 32.3 Å². The van der Waals surface area contributed by atoms with E-state index in [1.807, 2.05) is 49.3 Å². The van der Waals surface area contributed by atoms with Gasteiger partial charge >= 0.3 is 5.97 Å². The lowest BCUT2D eigenvalue weighted by Gasteiger charge is -2.38. The maximum atomic E-state index is 12.5. The largest absolute Gasteiger partial charge is 0.496 e. The second-order valence-corrected chi connectivity index (χ2v) is 9.41. The van der Waals surface area contributed by atoms with Crippen LogP contribution in [0.4, 0.5) is 0 Å². The first-order valence-corrected chi connectivity index (χ1v) is 11.7. The molecule has 7 nitrogen and oxygen atoms in total. The number of methoxy groups -OCH3 is 1.